The lowest BCUT2D eigenvalue weighted by atomic mass is 10.0. The van der Waals surface area contributed by atoms with Crippen molar-refractivity contribution in [2.45, 2.75) is 81.6 Å². The molecule has 0 radical (unpaired) electrons. The van der Waals surface area contributed by atoms with E-state index in [4.69, 9.17) is 14.7 Å². The molecule has 4 aromatic carbocycles. The molecule has 1 aliphatic carbocycles. The number of H-pyrrole nitrogens is 2. The zero-order valence-corrected chi connectivity index (χ0v) is 34.8. The highest BCUT2D eigenvalue weighted by Gasteiger charge is 2.39. The molecule has 9 rings (SSSR count). The van der Waals surface area contributed by atoms with Crippen LogP contribution in [0.15, 0.2) is 122 Å². The molecule has 4 amide bonds. The van der Waals surface area contributed by atoms with Crippen molar-refractivity contribution in [3.05, 3.63) is 144 Å². The minimum absolute atomic E-state index is 0.113. The number of carboxylic acid groups (broad SMARTS) is 1. The Bertz CT molecular complexity index is 2540. The Morgan fingerprint density at radius 2 is 1.16 bits per heavy atom. The summed E-state index contributed by atoms with van der Waals surface area (Å²) in [5.41, 5.74) is 6.83. The van der Waals surface area contributed by atoms with E-state index in [1.165, 1.54) is 0 Å². The van der Waals surface area contributed by atoms with Crippen molar-refractivity contribution in [1.82, 2.24) is 40.4 Å². The van der Waals surface area contributed by atoms with E-state index in [1.807, 2.05) is 71.8 Å². The second-order valence-electron chi connectivity index (χ2n) is 16.5. The summed E-state index contributed by atoms with van der Waals surface area (Å²) in [4.78, 5) is 72.6. The zero-order chi connectivity index (χ0) is 43.3. The van der Waals surface area contributed by atoms with Gasteiger partial charge >= 0.3 is 12.2 Å². The van der Waals surface area contributed by atoms with E-state index in [-0.39, 0.29) is 30.0 Å². The number of hydrogen-bond acceptors (Lipinski definition) is 7. The number of alkyl carbamates (subject to hydrolysis) is 1. The number of rotatable bonds is 12. The maximum Gasteiger partial charge on any atom is 0.408 e. The van der Waals surface area contributed by atoms with Gasteiger partial charge in [0, 0.05) is 24.8 Å². The van der Waals surface area contributed by atoms with Crippen molar-refractivity contribution >= 4 is 24.0 Å². The smallest absolute Gasteiger partial charge is 0.408 e. The van der Waals surface area contributed by atoms with Gasteiger partial charge in [-0.3, -0.25) is 9.59 Å². The molecular weight excluding hydrogens is 797 g/mol. The summed E-state index contributed by atoms with van der Waals surface area (Å²) in [5.74, 6) is 0.874. The summed E-state index contributed by atoms with van der Waals surface area (Å²) in [6.07, 6.45) is 8.55. The molecule has 4 atom stereocenters. The van der Waals surface area contributed by atoms with E-state index < -0.39 is 24.3 Å². The van der Waals surface area contributed by atoms with Gasteiger partial charge in [-0.05, 0) is 79.2 Å². The van der Waals surface area contributed by atoms with Crippen LogP contribution in [0.4, 0.5) is 9.59 Å². The van der Waals surface area contributed by atoms with Crippen LogP contribution in [0.3, 0.4) is 0 Å². The fourth-order valence-corrected chi connectivity index (χ4v) is 9.24. The van der Waals surface area contributed by atoms with Crippen LogP contribution in [0.1, 0.15) is 98.3 Å². The van der Waals surface area contributed by atoms with E-state index in [9.17, 15) is 24.3 Å². The Morgan fingerprint density at radius 3 is 1.73 bits per heavy atom. The Hall–Kier alpha value is -7.22. The highest BCUT2D eigenvalue weighted by Crippen LogP contribution is 2.36. The number of aromatic amines is 2. The van der Waals surface area contributed by atoms with Crippen molar-refractivity contribution in [1.29, 1.82) is 0 Å². The number of carbonyl (C=O) groups excluding carboxylic acids is 3. The number of nitrogens with zero attached hydrogens (tertiary/aromatic N) is 4. The van der Waals surface area contributed by atoms with Crippen molar-refractivity contribution in [2.75, 3.05) is 13.1 Å². The topological polar surface area (TPSA) is 186 Å². The third-order valence-electron chi connectivity index (χ3n) is 12.5. The third kappa shape index (κ3) is 9.06. The Labute approximate surface area is 365 Å². The molecule has 63 heavy (non-hydrogen) atoms. The van der Waals surface area contributed by atoms with Crippen molar-refractivity contribution < 1.29 is 29.0 Å². The summed E-state index contributed by atoms with van der Waals surface area (Å²) in [6, 6.07) is 32.1. The van der Waals surface area contributed by atoms with Crippen LogP contribution in [0.5, 0.6) is 0 Å². The fraction of sp³-hybridized carbons (Fsp3) is 0.306. The minimum atomic E-state index is -1.26. The highest BCUT2D eigenvalue weighted by atomic mass is 16.6. The first-order chi connectivity index (χ1) is 30.8. The van der Waals surface area contributed by atoms with Crippen LogP contribution in [0.25, 0.3) is 33.6 Å². The Kier molecular flexibility index (Phi) is 12.0. The van der Waals surface area contributed by atoms with Gasteiger partial charge in [0.1, 0.15) is 29.8 Å². The van der Waals surface area contributed by atoms with Gasteiger partial charge in [-0.15, -0.1) is 0 Å². The summed E-state index contributed by atoms with van der Waals surface area (Å²) in [6.45, 7) is 1.06. The van der Waals surface area contributed by atoms with Crippen LogP contribution < -0.4 is 10.6 Å². The van der Waals surface area contributed by atoms with Gasteiger partial charge in [0.15, 0.2) is 0 Å². The Morgan fingerprint density at radius 1 is 0.635 bits per heavy atom. The molecule has 0 bridgehead atoms. The van der Waals surface area contributed by atoms with E-state index in [0.717, 1.165) is 78.6 Å². The zero-order valence-electron chi connectivity index (χ0n) is 34.8. The molecule has 3 fully saturated rings. The van der Waals surface area contributed by atoms with E-state index in [0.29, 0.717) is 42.3 Å². The number of ether oxygens (including phenoxy) is 1. The number of carbonyl (C=O) groups is 4. The molecule has 0 spiro atoms. The molecule has 5 N–H and O–H groups in total. The lowest BCUT2D eigenvalue weighted by Gasteiger charge is -2.29. The molecule has 322 valence electrons. The average Bonchev–Trinajstić information content (AvgIpc) is 4.18. The molecule has 0 unspecified atom stereocenters. The molecule has 3 aliphatic rings. The average molecular weight is 847 g/mol. The van der Waals surface area contributed by atoms with Crippen LogP contribution in [-0.4, -0.2) is 78.0 Å². The maximum absolute atomic E-state index is 14.2. The first kappa shape index (κ1) is 41.1. The normalized spacial score (nSPS) is 18.5. The second kappa shape index (κ2) is 18.4. The molecule has 4 heterocycles. The van der Waals surface area contributed by atoms with Gasteiger partial charge in [0.05, 0.1) is 29.7 Å². The predicted molar refractivity (Wildman–Crippen MR) is 236 cm³/mol. The molecule has 2 aromatic heterocycles. The number of amides is 4. The van der Waals surface area contributed by atoms with Crippen LogP contribution in [0, 0.1) is 0 Å². The van der Waals surface area contributed by atoms with Gasteiger partial charge < -0.3 is 40.2 Å². The number of aromatic nitrogens is 4. The Balaban J connectivity index is 0.849. The van der Waals surface area contributed by atoms with E-state index in [2.05, 4.69) is 44.9 Å². The first-order valence-corrected chi connectivity index (χ1v) is 21.8. The second-order valence-corrected chi connectivity index (χ2v) is 16.5. The number of nitrogens with one attached hydrogen (secondary N) is 4. The van der Waals surface area contributed by atoms with E-state index >= 15 is 0 Å². The van der Waals surface area contributed by atoms with Gasteiger partial charge in [0.2, 0.25) is 0 Å². The molecular formula is C49H50N8O6. The van der Waals surface area contributed by atoms with Gasteiger partial charge in [-0.25, -0.2) is 19.6 Å². The highest BCUT2D eigenvalue weighted by molar-refractivity contribution is 5.88. The van der Waals surface area contributed by atoms with Gasteiger partial charge in [-0.1, -0.05) is 109 Å². The number of likely N-dealkylation sites (tertiary alicyclic amines) is 2. The monoisotopic (exact) mass is 846 g/mol. The van der Waals surface area contributed by atoms with Crippen molar-refractivity contribution in [3.63, 3.8) is 0 Å². The molecule has 14 heteroatoms. The first-order valence-electron chi connectivity index (χ1n) is 21.8. The standard InChI is InChI=1S/C49H50N8O6/c58-46(42(54-48(60)61)35-11-3-1-4-12-35)56-27-9-17-40(56)44-50-29-38(52-44)33-23-19-31(20-24-33)32-21-25-34(26-22-32)39-30-51-45(53-39)41-18-10-28-57(41)47(59)43(36-13-5-2-6-14-36)55-49(62)63-37-15-7-8-16-37/h1-6,11-14,19-26,29-30,37,40-43,54H,7-10,15-18,27-28H2,(H,50,52)(H,51,53)(H,55,62)(H,60,61)/t40-,41-,42+,43+/m0/s1. The molecule has 1 saturated carbocycles. The van der Waals surface area contributed by atoms with Gasteiger partial charge in [0.25, 0.3) is 11.8 Å². The van der Waals surface area contributed by atoms with Crippen LogP contribution in [-0.2, 0) is 14.3 Å². The fourth-order valence-electron chi connectivity index (χ4n) is 9.24. The SMILES string of the molecule is O=C(O)N[C@@H](C(=O)N1CCC[C@H]1c1nc(-c2ccc(-c3ccc(-c4cnc([C@@H]5CCCN5C(=O)[C@H](NC(=O)OC5CCCC5)c5ccccc5)[nH]4)cc3)cc2)c[nH]1)c1ccccc1. The summed E-state index contributed by atoms with van der Waals surface area (Å²) < 4.78 is 5.68. The number of imidazole rings is 2. The summed E-state index contributed by atoms with van der Waals surface area (Å²) in [5, 5.41) is 14.8. The third-order valence-corrected chi connectivity index (χ3v) is 12.5. The number of hydrogen-bond donors (Lipinski definition) is 5. The lowest BCUT2D eigenvalue weighted by molar-refractivity contribution is -0.135. The molecule has 2 saturated heterocycles. The predicted octanol–water partition coefficient (Wildman–Crippen LogP) is 8.88. The van der Waals surface area contributed by atoms with Crippen LogP contribution >= 0.6 is 0 Å². The molecule has 2 aliphatic heterocycles. The lowest BCUT2D eigenvalue weighted by Crippen LogP contribution is -2.43. The molecule has 14 nitrogen and oxygen atoms in total. The number of benzene rings is 4. The van der Waals surface area contributed by atoms with E-state index in [1.54, 1.807) is 35.4 Å². The van der Waals surface area contributed by atoms with Crippen LogP contribution in [0.2, 0.25) is 0 Å². The summed E-state index contributed by atoms with van der Waals surface area (Å²) >= 11 is 0. The van der Waals surface area contributed by atoms with Crippen molar-refractivity contribution in [3.8, 4) is 33.6 Å². The minimum Gasteiger partial charge on any atom is -0.465 e. The maximum atomic E-state index is 14.2. The molecule has 6 aromatic rings. The van der Waals surface area contributed by atoms with Crippen molar-refractivity contribution in [2.24, 2.45) is 0 Å². The van der Waals surface area contributed by atoms with Gasteiger partial charge in [-0.2, -0.15) is 0 Å². The summed E-state index contributed by atoms with van der Waals surface area (Å²) in [7, 11) is 0. The quantitative estimate of drug-likeness (QED) is 0.0808. The largest absolute Gasteiger partial charge is 0.465 e.